The Bertz CT molecular complexity index is 315. The van der Waals surface area contributed by atoms with Crippen molar-refractivity contribution in [2.24, 2.45) is 0 Å². The summed E-state index contributed by atoms with van der Waals surface area (Å²) in [5.74, 6) is 0.0363. The Kier molecular flexibility index (Phi) is 7.57. The van der Waals surface area contributed by atoms with Crippen LogP contribution in [0.15, 0.2) is 11.6 Å². The highest BCUT2D eigenvalue weighted by Gasteiger charge is 2.05. The van der Waals surface area contributed by atoms with Crippen molar-refractivity contribution in [3.63, 3.8) is 0 Å². The van der Waals surface area contributed by atoms with Gasteiger partial charge in [0.15, 0.2) is 0 Å². The van der Waals surface area contributed by atoms with Gasteiger partial charge in [0.25, 0.3) is 0 Å². The predicted molar refractivity (Wildman–Crippen MR) is 73.8 cm³/mol. The maximum Gasteiger partial charge on any atom is 0.304 e. The summed E-state index contributed by atoms with van der Waals surface area (Å²) in [4.78, 5) is 21.7. The molecule has 0 aromatic heterocycles. The molecule has 1 aliphatic carbocycles. The second kappa shape index (κ2) is 9.03. The van der Waals surface area contributed by atoms with E-state index in [0.29, 0.717) is 18.1 Å². The number of carboxylic acid groups (broad SMARTS) is 1. The Balaban J connectivity index is 1.99. The number of nitrogens with one attached hydrogen (secondary N) is 1. The summed E-state index contributed by atoms with van der Waals surface area (Å²) >= 11 is 1.37. The van der Waals surface area contributed by atoms with Crippen LogP contribution in [0.3, 0.4) is 0 Å². The lowest BCUT2D eigenvalue weighted by Gasteiger charge is -2.12. The standard InChI is InChI=1S/C13H21NO3S/c15-12(10-18-9-7-13(16)17)14-8-6-11-4-2-1-3-5-11/h4H,1-3,5-10H2,(H,14,15)(H,16,17). The Hall–Kier alpha value is -0.970. The highest BCUT2D eigenvalue weighted by molar-refractivity contribution is 7.99. The molecule has 4 nitrogen and oxygen atoms in total. The van der Waals surface area contributed by atoms with Crippen LogP contribution in [0.4, 0.5) is 0 Å². The lowest BCUT2D eigenvalue weighted by molar-refractivity contribution is -0.136. The smallest absolute Gasteiger partial charge is 0.304 e. The van der Waals surface area contributed by atoms with Gasteiger partial charge < -0.3 is 10.4 Å². The molecule has 0 saturated carbocycles. The number of carboxylic acids is 1. The molecule has 0 bridgehead atoms. The Morgan fingerprint density at radius 3 is 2.89 bits per heavy atom. The molecule has 0 radical (unpaired) electrons. The fourth-order valence-electron chi connectivity index (χ4n) is 1.87. The van der Waals surface area contributed by atoms with Gasteiger partial charge in [0.1, 0.15) is 0 Å². The van der Waals surface area contributed by atoms with Crippen LogP contribution in [0.5, 0.6) is 0 Å². The molecule has 0 fully saturated rings. The molecule has 0 aromatic rings. The summed E-state index contributed by atoms with van der Waals surface area (Å²) in [6, 6.07) is 0. The molecule has 5 heteroatoms. The Morgan fingerprint density at radius 1 is 1.39 bits per heavy atom. The fourth-order valence-corrected chi connectivity index (χ4v) is 2.62. The van der Waals surface area contributed by atoms with Crippen molar-refractivity contribution in [1.82, 2.24) is 5.32 Å². The lowest BCUT2D eigenvalue weighted by atomic mass is 9.97. The first-order chi connectivity index (χ1) is 8.68. The van der Waals surface area contributed by atoms with Gasteiger partial charge in [-0.25, -0.2) is 0 Å². The minimum atomic E-state index is -0.813. The van der Waals surface area contributed by atoms with E-state index < -0.39 is 5.97 Å². The highest BCUT2D eigenvalue weighted by Crippen LogP contribution is 2.19. The molecule has 1 rings (SSSR count). The zero-order chi connectivity index (χ0) is 13.2. The molecule has 102 valence electrons. The number of hydrogen-bond donors (Lipinski definition) is 2. The van der Waals surface area contributed by atoms with Crippen molar-refractivity contribution in [3.8, 4) is 0 Å². The maximum atomic E-state index is 11.4. The summed E-state index contributed by atoms with van der Waals surface area (Å²) in [6.07, 6.45) is 8.26. The normalized spacial score (nSPS) is 15.0. The average Bonchev–Trinajstić information content (AvgIpc) is 2.36. The molecule has 0 unspecified atom stereocenters. The third kappa shape index (κ3) is 7.37. The minimum Gasteiger partial charge on any atom is -0.481 e. The van der Waals surface area contributed by atoms with E-state index in [1.54, 1.807) is 0 Å². The van der Waals surface area contributed by atoms with E-state index in [0.717, 1.165) is 6.42 Å². The van der Waals surface area contributed by atoms with E-state index >= 15 is 0 Å². The zero-order valence-corrected chi connectivity index (χ0v) is 11.4. The summed E-state index contributed by atoms with van der Waals surface area (Å²) in [5, 5.41) is 11.3. The van der Waals surface area contributed by atoms with Gasteiger partial charge in [0.2, 0.25) is 5.91 Å². The molecule has 0 aromatic carbocycles. The van der Waals surface area contributed by atoms with Crippen molar-refractivity contribution >= 4 is 23.6 Å². The second-order valence-corrected chi connectivity index (χ2v) is 5.51. The average molecular weight is 271 g/mol. The van der Waals surface area contributed by atoms with Crippen LogP contribution in [0, 0.1) is 0 Å². The number of thioether (sulfide) groups is 1. The van der Waals surface area contributed by atoms with E-state index in [2.05, 4.69) is 11.4 Å². The van der Waals surface area contributed by atoms with Crippen LogP contribution in [-0.2, 0) is 9.59 Å². The second-order valence-electron chi connectivity index (χ2n) is 4.40. The van der Waals surface area contributed by atoms with Crippen molar-refractivity contribution in [1.29, 1.82) is 0 Å². The van der Waals surface area contributed by atoms with Gasteiger partial charge in [-0.2, -0.15) is 11.8 Å². The number of carbonyl (C=O) groups is 2. The van der Waals surface area contributed by atoms with Gasteiger partial charge in [0, 0.05) is 12.3 Å². The Morgan fingerprint density at radius 2 is 2.22 bits per heavy atom. The molecule has 18 heavy (non-hydrogen) atoms. The van der Waals surface area contributed by atoms with Crippen molar-refractivity contribution < 1.29 is 14.7 Å². The number of allylic oxidation sites excluding steroid dienone is 1. The number of carbonyl (C=O) groups excluding carboxylic acids is 1. The van der Waals surface area contributed by atoms with Crippen LogP contribution in [0.25, 0.3) is 0 Å². The summed E-state index contributed by atoms with van der Waals surface area (Å²) in [7, 11) is 0. The third-order valence-electron chi connectivity index (χ3n) is 2.85. The molecule has 2 N–H and O–H groups in total. The predicted octanol–water partition coefficient (Wildman–Crippen LogP) is 2.20. The van der Waals surface area contributed by atoms with Gasteiger partial charge in [-0.3, -0.25) is 9.59 Å². The first-order valence-electron chi connectivity index (χ1n) is 6.42. The maximum absolute atomic E-state index is 11.4. The van der Waals surface area contributed by atoms with Crippen molar-refractivity contribution in [3.05, 3.63) is 11.6 Å². The van der Waals surface area contributed by atoms with Gasteiger partial charge in [-0.15, -0.1) is 0 Å². The summed E-state index contributed by atoms with van der Waals surface area (Å²) in [5.41, 5.74) is 1.46. The van der Waals surface area contributed by atoms with E-state index in [1.807, 2.05) is 0 Å². The molecule has 1 amide bonds. The number of amides is 1. The first-order valence-corrected chi connectivity index (χ1v) is 7.58. The third-order valence-corrected chi connectivity index (χ3v) is 3.81. The molecule has 0 heterocycles. The van der Waals surface area contributed by atoms with Gasteiger partial charge in [-0.05, 0) is 32.1 Å². The number of rotatable bonds is 8. The first kappa shape index (κ1) is 15.1. The largest absolute Gasteiger partial charge is 0.481 e. The van der Waals surface area contributed by atoms with Crippen LogP contribution in [0.2, 0.25) is 0 Å². The quantitative estimate of drug-likeness (QED) is 0.524. The number of hydrogen-bond acceptors (Lipinski definition) is 3. The zero-order valence-electron chi connectivity index (χ0n) is 10.6. The topological polar surface area (TPSA) is 66.4 Å². The van der Waals surface area contributed by atoms with E-state index in [-0.39, 0.29) is 12.3 Å². The monoisotopic (exact) mass is 271 g/mol. The summed E-state index contributed by atoms with van der Waals surface area (Å²) < 4.78 is 0. The molecular weight excluding hydrogens is 250 g/mol. The molecule has 0 aliphatic heterocycles. The van der Waals surface area contributed by atoms with Crippen LogP contribution in [0.1, 0.15) is 38.5 Å². The molecule has 1 aliphatic rings. The molecule has 0 spiro atoms. The lowest BCUT2D eigenvalue weighted by Crippen LogP contribution is -2.26. The highest BCUT2D eigenvalue weighted by atomic mass is 32.2. The van der Waals surface area contributed by atoms with Crippen molar-refractivity contribution in [2.45, 2.75) is 38.5 Å². The van der Waals surface area contributed by atoms with Gasteiger partial charge in [0.05, 0.1) is 12.2 Å². The Labute approximate surface area is 112 Å². The summed E-state index contributed by atoms with van der Waals surface area (Å²) in [6.45, 7) is 0.699. The molecular formula is C13H21NO3S. The van der Waals surface area contributed by atoms with E-state index in [1.165, 1.54) is 43.0 Å². The van der Waals surface area contributed by atoms with E-state index in [9.17, 15) is 9.59 Å². The van der Waals surface area contributed by atoms with Crippen LogP contribution >= 0.6 is 11.8 Å². The fraction of sp³-hybridized carbons (Fsp3) is 0.692. The molecule has 0 saturated heterocycles. The van der Waals surface area contributed by atoms with Gasteiger partial charge in [-0.1, -0.05) is 11.6 Å². The molecule has 0 atom stereocenters. The van der Waals surface area contributed by atoms with E-state index in [4.69, 9.17) is 5.11 Å². The SMILES string of the molecule is O=C(O)CCSCC(=O)NCCC1=CCCCC1. The van der Waals surface area contributed by atoms with Gasteiger partial charge >= 0.3 is 5.97 Å². The van der Waals surface area contributed by atoms with Crippen molar-refractivity contribution in [2.75, 3.05) is 18.1 Å². The number of aliphatic carboxylic acids is 1. The van der Waals surface area contributed by atoms with Crippen LogP contribution in [-0.4, -0.2) is 35.0 Å². The minimum absolute atomic E-state index is 0.00167. The van der Waals surface area contributed by atoms with Crippen LogP contribution < -0.4 is 5.32 Å².